The maximum absolute atomic E-state index is 12.7. The van der Waals surface area contributed by atoms with Crippen LogP contribution in [0.3, 0.4) is 0 Å². The third-order valence-electron chi connectivity index (χ3n) is 9.41. The van der Waals surface area contributed by atoms with Gasteiger partial charge in [-0.05, 0) is 33.0 Å². The number of aliphatic imine (C=N–C) groups is 1. The summed E-state index contributed by atoms with van der Waals surface area (Å²) in [5.41, 5.74) is 9.65. The SMILES string of the molecule is OC1(Cc2ccccc2)C(=Nc2c(-c3ccccc3)cccc2-c2ccccc2)c2cccc3cccc1c23.[CH2-]c1ccccc1.[CH2-]c1ccccc1.[Zr+2]. The molecular formula is C51H41NOZr. The standard InChI is InChI=1S/C37H27NO.2C7H7.Zr/c39-37(25-26-13-4-1-5-14-26)33-24-11-20-29-19-10-23-32(34(29)33)36(37)38-35-30(27-15-6-2-7-16-27)21-12-22-31(35)28-17-8-3-9-18-28;2*1-7-5-3-2-4-6-7;/h1-24,39H,25H2;2*2-6H,1H2;/q;2*-1;+2. The van der Waals surface area contributed by atoms with Crippen LogP contribution < -0.4 is 0 Å². The Labute approximate surface area is 338 Å². The first-order valence-corrected chi connectivity index (χ1v) is 17.9. The molecule has 8 aromatic rings. The van der Waals surface area contributed by atoms with Crippen molar-refractivity contribution in [1.29, 1.82) is 0 Å². The molecule has 0 aromatic heterocycles. The van der Waals surface area contributed by atoms with Gasteiger partial charge in [0.05, 0.1) is 11.4 Å². The van der Waals surface area contributed by atoms with Gasteiger partial charge in [-0.2, -0.15) is 49.2 Å². The van der Waals surface area contributed by atoms with Crippen molar-refractivity contribution in [2.45, 2.75) is 12.0 Å². The molecule has 1 aliphatic rings. The van der Waals surface area contributed by atoms with Crippen molar-refractivity contribution in [3.05, 3.63) is 248 Å². The van der Waals surface area contributed by atoms with E-state index in [0.29, 0.717) is 12.1 Å². The Balaban J connectivity index is 0.000000278. The second-order valence-corrected chi connectivity index (χ2v) is 13.1. The summed E-state index contributed by atoms with van der Waals surface area (Å²) in [4.78, 5) is 5.47. The van der Waals surface area contributed by atoms with E-state index in [1.165, 1.54) is 0 Å². The minimum atomic E-state index is -1.28. The van der Waals surface area contributed by atoms with E-state index in [4.69, 9.17) is 4.99 Å². The number of aliphatic hydroxyl groups is 1. The second kappa shape index (κ2) is 17.9. The van der Waals surface area contributed by atoms with Crippen LogP contribution in [-0.4, -0.2) is 10.8 Å². The Kier molecular flexibility index (Phi) is 12.6. The van der Waals surface area contributed by atoms with Crippen molar-refractivity contribution in [1.82, 2.24) is 0 Å². The quantitative estimate of drug-likeness (QED) is 0.174. The van der Waals surface area contributed by atoms with Gasteiger partial charge in [0.25, 0.3) is 0 Å². The zero-order valence-electron chi connectivity index (χ0n) is 30.1. The molecule has 0 aliphatic heterocycles. The zero-order chi connectivity index (χ0) is 36.5. The first-order chi connectivity index (χ1) is 26.0. The van der Waals surface area contributed by atoms with Gasteiger partial charge < -0.3 is 5.11 Å². The molecule has 260 valence electrons. The molecule has 1 atom stereocenters. The monoisotopic (exact) mass is 773 g/mol. The molecule has 1 aliphatic carbocycles. The molecular weight excluding hydrogens is 734 g/mol. The van der Waals surface area contributed by atoms with Gasteiger partial charge in [0.2, 0.25) is 0 Å². The van der Waals surface area contributed by atoms with E-state index in [1.54, 1.807) is 0 Å². The van der Waals surface area contributed by atoms with Gasteiger partial charge in [0.1, 0.15) is 5.60 Å². The number of hydrogen-bond donors (Lipinski definition) is 1. The minimum Gasteiger partial charge on any atom is -0.378 e. The van der Waals surface area contributed by atoms with Gasteiger partial charge in [-0.25, -0.2) is 4.99 Å². The zero-order valence-corrected chi connectivity index (χ0v) is 32.6. The van der Waals surface area contributed by atoms with Gasteiger partial charge in [0, 0.05) is 23.1 Å². The van der Waals surface area contributed by atoms with E-state index >= 15 is 0 Å². The fraction of sp³-hybridized carbons (Fsp3) is 0.0392. The number of para-hydroxylation sites is 1. The molecule has 0 radical (unpaired) electrons. The number of nitrogens with zero attached hydrogens (tertiary/aromatic N) is 1. The summed E-state index contributed by atoms with van der Waals surface area (Å²) >= 11 is 0. The largest absolute Gasteiger partial charge is 2.00 e. The predicted molar refractivity (Wildman–Crippen MR) is 223 cm³/mol. The molecule has 0 heterocycles. The minimum absolute atomic E-state index is 0. The molecule has 0 spiro atoms. The molecule has 0 bridgehead atoms. The molecule has 0 saturated heterocycles. The van der Waals surface area contributed by atoms with Crippen LogP contribution in [0.1, 0.15) is 27.8 Å². The van der Waals surface area contributed by atoms with Crippen LogP contribution in [0.5, 0.6) is 0 Å². The third kappa shape index (κ3) is 8.56. The summed E-state index contributed by atoms with van der Waals surface area (Å²) in [5.74, 6) is 0. The van der Waals surface area contributed by atoms with Gasteiger partial charge in [0.15, 0.2) is 0 Å². The number of benzene rings is 8. The second-order valence-electron chi connectivity index (χ2n) is 13.1. The number of rotatable bonds is 5. The van der Waals surface area contributed by atoms with Crippen LogP contribution in [0.4, 0.5) is 5.69 Å². The van der Waals surface area contributed by atoms with Crippen LogP contribution >= 0.6 is 0 Å². The number of hydrogen-bond acceptors (Lipinski definition) is 2. The molecule has 3 heteroatoms. The fourth-order valence-electron chi connectivity index (χ4n) is 6.89. The topological polar surface area (TPSA) is 32.6 Å². The van der Waals surface area contributed by atoms with Gasteiger partial charge in [-0.3, -0.25) is 0 Å². The fourth-order valence-corrected chi connectivity index (χ4v) is 6.89. The third-order valence-corrected chi connectivity index (χ3v) is 9.41. The molecule has 1 N–H and O–H groups in total. The van der Waals surface area contributed by atoms with Gasteiger partial charge in [-0.1, -0.05) is 158 Å². The van der Waals surface area contributed by atoms with E-state index in [-0.39, 0.29) is 26.2 Å². The molecule has 9 rings (SSSR count). The molecule has 2 nitrogen and oxygen atoms in total. The van der Waals surface area contributed by atoms with Crippen molar-refractivity contribution in [2.24, 2.45) is 4.99 Å². The van der Waals surface area contributed by atoms with E-state index < -0.39 is 5.60 Å². The summed E-state index contributed by atoms with van der Waals surface area (Å²) in [5, 5.41) is 14.9. The predicted octanol–water partition coefficient (Wildman–Crippen LogP) is 12.5. The molecule has 0 amide bonds. The van der Waals surface area contributed by atoms with Crippen molar-refractivity contribution in [3.63, 3.8) is 0 Å². The van der Waals surface area contributed by atoms with E-state index in [2.05, 4.69) is 123 Å². The van der Waals surface area contributed by atoms with Crippen molar-refractivity contribution >= 4 is 22.2 Å². The van der Waals surface area contributed by atoms with Crippen molar-refractivity contribution in [2.75, 3.05) is 0 Å². The van der Waals surface area contributed by atoms with Crippen LogP contribution in [0.2, 0.25) is 0 Å². The molecule has 54 heavy (non-hydrogen) atoms. The molecule has 0 saturated carbocycles. The Hall–Kier alpha value is -5.73. The van der Waals surface area contributed by atoms with Gasteiger partial charge in [-0.15, -0.1) is 24.3 Å². The Morgan fingerprint density at radius 1 is 0.444 bits per heavy atom. The molecule has 1 unspecified atom stereocenters. The van der Waals surface area contributed by atoms with Crippen LogP contribution in [0.15, 0.2) is 211 Å². The smallest absolute Gasteiger partial charge is 0.378 e. The van der Waals surface area contributed by atoms with Crippen molar-refractivity contribution in [3.8, 4) is 22.3 Å². The molecule has 8 aromatic carbocycles. The van der Waals surface area contributed by atoms with Crippen LogP contribution in [-0.2, 0) is 38.2 Å². The summed E-state index contributed by atoms with van der Waals surface area (Å²) in [7, 11) is 0. The summed E-state index contributed by atoms with van der Waals surface area (Å²) in [6.45, 7) is 7.44. The van der Waals surface area contributed by atoms with E-state index in [0.717, 1.165) is 66.5 Å². The normalized spacial score (nSPS) is 14.6. The average Bonchev–Trinajstić information content (AvgIpc) is 3.44. The van der Waals surface area contributed by atoms with E-state index in [9.17, 15) is 5.11 Å². The van der Waals surface area contributed by atoms with E-state index in [1.807, 2.05) is 97.1 Å². The average molecular weight is 775 g/mol. The summed E-state index contributed by atoms with van der Waals surface area (Å²) in [6, 6.07) is 69.5. The Morgan fingerprint density at radius 3 is 1.31 bits per heavy atom. The van der Waals surface area contributed by atoms with Crippen LogP contribution in [0, 0.1) is 13.8 Å². The maximum Gasteiger partial charge on any atom is 2.00 e. The van der Waals surface area contributed by atoms with Crippen molar-refractivity contribution < 1.29 is 31.3 Å². The van der Waals surface area contributed by atoms with Crippen LogP contribution in [0.25, 0.3) is 33.0 Å². The van der Waals surface area contributed by atoms with Gasteiger partial charge >= 0.3 is 26.2 Å². The first kappa shape index (κ1) is 38.0. The first-order valence-electron chi connectivity index (χ1n) is 17.9. The Bertz CT molecular complexity index is 2330. The maximum atomic E-state index is 12.7. The molecule has 0 fully saturated rings. The summed E-state index contributed by atoms with van der Waals surface area (Å²) in [6.07, 6.45) is 0.439. The Morgan fingerprint density at radius 2 is 0.852 bits per heavy atom. The summed E-state index contributed by atoms with van der Waals surface area (Å²) < 4.78 is 0.